The van der Waals surface area contributed by atoms with Gasteiger partial charge in [-0.2, -0.15) is 0 Å². The molecule has 2 nitrogen and oxygen atoms in total. The molecule has 1 aliphatic rings. The van der Waals surface area contributed by atoms with Gasteiger partial charge in [0, 0.05) is 48.7 Å². The summed E-state index contributed by atoms with van der Waals surface area (Å²) in [6.07, 6.45) is -2.55. The Labute approximate surface area is 133 Å². The third kappa shape index (κ3) is 5.01. The van der Waals surface area contributed by atoms with E-state index in [-0.39, 0.29) is 24.9 Å². The molecule has 1 saturated heterocycles. The second kappa shape index (κ2) is 8.35. The SMILES string of the molecule is Cl.FC(F)C[C@@H](c1cc(Cl)cc(Cl)c1)N1CCNCC1. The molecule has 0 radical (unpaired) electrons. The van der Waals surface area contributed by atoms with Crippen LogP contribution in [0.4, 0.5) is 8.78 Å². The molecule has 0 amide bonds. The Morgan fingerprint density at radius 1 is 1.10 bits per heavy atom. The molecule has 1 heterocycles. The van der Waals surface area contributed by atoms with Crippen molar-refractivity contribution >= 4 is 35.6 Å². The van der Waals surface area contributed by atoms with Gasteiger partial charge in [0.25, 0.3) is 0 Å². The highest BCUT2D eigenvalue weighted by Crippen LogP contribution is 2.31. The van der Waals surface area contributed by atoms with Gasteiger partial charge in [-0.15, -0.1) is 12.4 Å². The van der Waals surface area contributed by atoms with Crippen molar-refractivity contribution in [2.45, 2.75) is 18.9 Å². The number of nitrogens with one attached hydrogen (secondary N) is 1. The summed E-state index contributed by atoms with van der Waals surface area (Å²) in [7, 11) is 0. The first kappa shape index (κ1) is 17.9. The first-order chi connectivity index (χ1) is 9.06. The van der Waals surface area contributed by atoms with Gasteiger partial charge < -0.3 is 5.32 Å². The fraction of sp³-hybridized carbons (Fsp3) is 0.538. The zero-order valence-corrected chi connectivity index (χ0v) is 13.1. The van der Waals surface area contributed by atoms with Gasteiger partial charge in [0.1, 0.15) is 0 Å². The minimum atomic E-state index is -2.35. The van der Waals surface area contributed by atoms with Crippen LogP contribution >= 0.6 is 35.6 Å². The van der Waals surface area contributed by atoms with Crippen LogP contribution in [-0.2, 0) is 0 Å². The first-order valence-corrected chi connectivity index (χ1v) is 7.01. The summed E-state index contributed by atoms with van der Waals surface area (Å²) in [5.74, 6) is 0. The number of hydrogen-bond donors (Lipinski definition) is 1. The van der Waals surface area contributed by atoms with Crippen LogP contribution in [0.3, 0.4) is 0 Å². The predicted molar refractivity (Wildman–Crippen MR) is 81.5 cm³/mol. The number of nitrogens with zero attached hydrogens (tertiary/aromatic N) is 1. The lowest BCUT2D eigenvalue weighted by Gasteiger charge is -2.35. The fourth-order valence-electron chi connectivity index (χ4n) is 2.43. The van der Waals surface area contributed by atoms with E-state index in [0.29, 0.717) is 10.0 Å². The third-order valence-corrected chi connectivity index (χ3v) is 3.70. The Balaban J connectivity index is 0.00000200. The minimum Gasteiger partial charge on any atom is -0.314 e. The Bertz CT molecular complexity index is 406. The van der Waals surface area contributed by atoms with Crippen LogP contribution in [0, 0.1) is 0 Å². The second-order valence-electron chi connectivity index (χ2n) is 4.63. The van der Waals surface area contributed by atoms with Crippen LogP contribution in [0.2, 0.25) is 10.0 Å². The van der Waals surface area contributed by atoms with Gasteiger partial charge in [-0.25, -0.2) is 8.78 Å². The van der Waals surface area contributed by atoms with E-state index < -0.39 is 6.43 Å². The van der Waals surface area contributed by atoms with Crippen LogP contribution < -0.4 is 5.32 Å². The molecule has 7 heteroatoms. The van der Waals surface area contributed by atoms with E-state index in [4.69, 9.17) is 23.2 Å². The van der Waals surface area contributed by atoms with Crippen LogP contribution in [0.25, 0.3) is 0 Å². The van der Waals surface area contributed by atoms with E-state index in [2.05, 4.69) is 10.2 Å². The molecule has 0 spiro atoms. The number of piperazine rings is 1. The fourth-order valence-corrected chi connectivity index (χ4v) is 2.97. The molecule has 1 aromatic rings. The van der Waals surface area contributed by atoms with Gasteiger partial charge in [-0.1, -0.05) is 23.2 Å². The minimum absolute atomic E-state index is 0. The van der Waals surface area contributed by atoms with Crippen LogP contribution in [-0.4, -0.2) is 37.5 Å². The Kier molecular flexibility index (Phi) is 7.48. The van der Waals surface area contributed by atoms with Gasteiger partial charge in [-0.3, -0.25) is 4.90 Å². The molecule has 0 aromatic heterocycles. The molecule has 1 N–H and O–H groups in total. The molecule has 2 rings (SSSR count). The maximum absolute atomic E-state index is 12.8. The lowest BCUT2D eigenvalue weighted by Crippen LogP contribution is -2.45. The summed E-state index contributed by atoms with van der Waals surface area (Å²) in [4.78, 5) is 2.06. The third-order valence-electron chi connectivity index (χ3n) is 3.26. The van der Waals surface area contributed by atoms with Gasteiger partial charge in [0.05, 0.1) is 0 Å². The van der Waals surface area contributed by atoms with Crippen molar-refractivity contribution < 1.29 is 8.78 Å². The van der Waals surface area contributed by atoms with Crippen LogP contribution in [0.15, 0.2) is 18.2 Å². The van der Waals surface area contributed by atoms with Crippen molar-refractivity contribution in [1.29, 1.82) is 0 Å². The Hall–Kier alpha value is -0.130. The molecule has 1 fully saturated rings. The van der Waals surface area contributed by atoms with Gasteiger partial charge in [0.15, 0.2) is 0 Å². The van der Waals surface area contributed by atoms with E-state index in [1.807, 2.05) is 0 Å². The van der Waals surface area contributed by atoms with E-state index in [1.165, 1.54) is 0 Å². The van der Waals surface area contributed by atoms with Gasteiger partial charge >= 0.3 is 0 Å². The summed E-state index contributed by atoms with van der Waals surface area (Å²) in [5.41, 5.74) is 0.764. The topological polar surface area (TPSA) is 15.3 Å². The highest BCUT2D eigenvalue weighted by Gasteiger charge is 2.25. The van der Waals surface area contributed by atoms with E-state index in [1.54, 1.807) is 18.2 Å². The summed E-state index contributed by atoms with van der Waals surface area (Å²) < 4.78 is 25.6. The van der Waals surface area contributed by atoms with Gasteiger partial charge in [-0.05, 0) is 23.8 Å². The quantitative estimate of drug-likeness (QED) is 0.887. The number of alkyl halides is 2. The Morgan fingerprint density at radius 3 is 2.15 bits per heavy atom. The standard InChI is InChI=1S/C13H16Cl2F2N2.ClH/c14-10-5-9(6-11(15)7-10)12(8-13(16)17)19-3-1-18-2-4-19;/h5-7,12-13,18H,1-4,8H2;1H/t12-;/m0./s1. The summed E-state index contributed by atoms with van der Waals surface area (Å²) in [6.45, 7) is 3.13. The molecule has 0 bridgehead atoms. The monoisotopic (exact) mass is 344 g/mol. The van der Waals surface area contributed by atoms with Gasteiger partial charge in [0.2, 0.25) is 6.43 Å². The molecule has 0 saturated carbocycles. The molecular weight excluding hydrogens is 329 g/mol. The molecule has 20 heavy (non-hydrogen) atoms. The smallest absolute Gasteiger partial charge is 0.240 e. The largest absolute Gasteiger partial charge is 0.314 e. The highest BCUT2D eigenvalue weighted by atomic mass is 35.5. The normalized spacial score (nSPS) is 17.9. The van der Waals surface area contributed by atoms with Crippen molar-refractivity contribution in [3.8, 4) is 0 Å². The Morgan fingerprint density at radius 2 is 1.65 bits per heavy atom. The number of rotatable bonds is 4. The van der Waals surface area contributed by atoms with E-state index >= 15 is 0 Å². The molecule has 0 unspecified atom stereocenters. The zero-order valence-electron chi connectivity index (χ0n) is 10.8. The van der Waals surface area contributed by atoms with Crippen molar-refractivity contribution in [3.63, 3.8) is 0 Å². The predicted octanol–water partition coefficient (Wildman–Crippen LogP) is 4.02. The maximum Gasteiger partial charge on any atom is 0.240 e. The average molecular weight is 346 g/mol. The summed E-state index contributed by atoms with van der Waals surface area (Å²) in [5, 5.41) is 4.18. The zero-order chi connectivity index (χ0) is 13.8. The first-order valence-electron chi connectivity index (χ1n) is 6.25. The number of halogens is 5. The molecule has 1 atom stereocenters. The molecule has 1 aliphatic heterocycles. The second-order valence-corrected chi connectivity index (χ2v) is 5.50. The summed E-state index contributed by atoms with van der Waals surface area (Å²) in [6, 6.07) is 4.73. The van der Waals surface area contributed by atoms with Crippen molar-refractivity contribution in [2.75, 3.05) is 26.2 Å². The number of hydrogen-bond acceptors (Lipinski definition) is 2. The lowest BCUT2D eigenvalue weighted by atomic mass is 10.0. The lowest BCUT2D eigenvalue weighted by molar-refractivity contribution is 0.0739. The van der Waals surface area contributed by atoms with Crippen LogP contribution in [0.5, 0.6) is 0 Å². The van der Waals surface area contributed by atoms with Crippen molar-refractivity contribution in [1.82, 2.24) is 10.2 Å². The summed E-state index contributed by atoms with van der Waals surface area (Å²) >= 11 is 11.9. The number of benzene rings is 1. The molecule has 0 aliphatic carbocycles. The maximum atomic E-state index is 12.8. The van der Waals surface area contributed by atoms with Crippen molar-refractivity contribution in [3.05, 3.63) is 33.8 Å². The molecule has 114 valence electrons. The van der Waals surface area contributed by atoms with E-state index in [0.717, 1.165) is 31.7 Å². The molecule has 1 aromatic carbocycles. The van der Waals surface area contributed by atoms with Crippen molar-refractivity contribution in [2.24, 2.45) is 0 Å². The molecular formula is C13H17Cl3F2N2. The van der Waals surface area contributed by atoms with Crippen LogP contribution in [0.1, 0.15) is 18.0 Å². The average Bonchev–Trinajstić information content (AvgIpc) is 2.35. The van der Waals surface area contributed by atoms with E-state index in [9.17, 15) is 8.78 Å². The highest BCUT2D eigenvalue weighted by molar-refractivity contribution is 6.34.